The molecule has 0 bridgehead atoms. The molecule has 0 aliphatic heterocycles. The number of rotatable bonds is 2. The molecule has 3 nitrogen and oxygen atoms in total. The molecule has 7 heteroatoms. The molecule has 0 amide bonds. The molecule has 0 saturated carbocycles. The van der Waals surface area contributed by atoms with Crippen LogP contribution in [0, 0.1) is 0 Å². The maximum Gasteiger partial charge on any atom is 0.433 e. The van der Waals surface area contributed by atoms with Gasteiger partial charge in [-0.1, -0.05) is 11.6 Å². The van der Waals surface area contributed by atoms with Crippen molar-refractivity contribution in [2.45, 2.75) is 19.6 Å². The molecule has 0 saturated heterocycles. The van der Waals surface area contributed by atoms with Gasteiger partial charge in [0.05, 0.1) is 6.54 Å². The lowest BCUT2D eigenvalue weighted by Crippen LogP contribution is -2.17. The molecule has 1 aromatic rings. The van der Waals surface area contributed by atoms with Crippen molar-refractivity contribution in [3.63, 3.8) is 0 Å². The van der Waals surface area contributed by atoms with Crippen LogP contribution >= 0.6 is 11.6 Å². The predicted molar refractivity (Wildman–Crippen MR) is 42.9 cm³/mol. The monoisotopic (exact) mass is 226 g/mol. The summed E-state index contributed by atoms with van der Waals surface area (Å²) in [4.78, 5) is 10.6. The summed E-state index contributed by atoms with van der Waals surface area (Å²) in [6.45, 7) is 0.747. The number of alkyl halides is 3. The molecule has 0 fully saturated rings. The van der Waals surface area contributed by atoms with E-state index < -0.39 is 24.2 Å². The third kappa shape index (κ3) is 2.47. The molecule has 0 spiro atoms. The number of carbonyl (C=O) groups is 1. The molecule has 0 unspecified atom stereocenters. The van der Waals surface area contributed by atoms with E-state index in [0.29, 0.717) is 10.7 Å². The van der Waals surface area contributed by atoms with Crippen LogP contribution in [0.2, 0.25) is 5.15 Å². The van der Waals surface area contributed by atoms with Gasteiger partial charge in [0.25, 0.3) is 0 Å². The number of hydrogen-bond donors (Lipinski definition) is 0. The molecule has 78 valence electrons. The van der Waals surface area contributed by atoms with Crippen molar-refractivity contribution in [2.75, 3.05) is 0 Å². The van der Waals surface area contributed by atoms with Crippen LogP contribution < -0.4 is 0 Å². The zero-order valence-corrected chi connectivity index (χ0v) is 7.85. The fraction of sp³-hybridized carbons (Fsp3) is 0.429. The molecule has 0 aliphatic carbocycles. The van der Waals surface area contributed by atoms with Gasteiger partial charge in [0.15, 0.2) is 10.9 Å². The van der Waals surface area contributed by atoms with Crippen molar-refractivity contribution < 1.29 is 18.0 Å². The zero-order valence-electron chi connectivity index (χ0n) is 7.10. The van der Waals surface area contributed by atoms with Crippen molar-refractivity contribution >= 4 is 17.4 Å². The first-order chi connectivity index (χ1) is 6.30. The SMILES string of the molecule is CC(=O)Cn1nc(Cl)cc1C(F)(F)F. The summed E-state index contributed by atoms with van der Waals surface area (Å²) in [5, 5.41) is 3.08. The number of carbonyl (C=O) groups excluding carboxylic acids is 1. The number of halogens is 4. The minimum Gasteiger partial charge on any atom is -0.298 e. The van der Waals surface area contributed by atoms with Crippen molar-refractivity contribution in [3.8, 4) is 0 Å². The number of Topliss-reactive ketones (excluding diaryl/α,β-unsaturated/α-hetero) is 1. The van der Waals surface area contributed by atoms with E-state index in [-0.39, 0.29) is 5.15 Å². The highest BCUT2D eigenvalue weighted by molar-refractivity contribution is 6.29. The Morgan fingerprint density at radius 1 is 1.64 bits per heavy atom. The summed E-state index contributed by atoms with van der Waals surface area (Å²) in [6, 6.07) is 0.685. The average molecular weight is 227 g/mol. The van der Waals surface area contributed by atoms with Crippen molar-refractivity contribution in [1.29, 1.82) is 0 Å². The Labute approximate surface area is 82.5 Å². The van der Waals surface area contributed by atoms with Gasteiger partial charge in [0, 0.05) is 6.07 Å². The molecule has 0 aromatic carbocycles. The Morgan fingerprint density at radius 3 is 2.64 bits per heavy atom. The van der Waals surface area contributed by atoms with Crippen molar-refractivity contribution in [1.82, 2.24) is 9.78 Å². The number of hydrogen-bond acceptors (Lipinski definition) is 2. The number of aromatic nitrogens is 2. The second-order valence-corrected chi connectivity index (χ2v) is 3.10. The molecule has 14 heavy (non-hydrogen) atoms. The summed E-state index contributed by atoms with van der Waals surface area (Å²) in [5.74, 6) is -0.421. The summed E-state index contributed by atoms with van der Waals surface area (Å²) in [5.41, 5.74) is -1.02. The zero-order chi connectivity index (χ0) is 10.9. The van der Waals surface area contributed by atoms with Crippen molar-refractivity contribution in [2.24, 2.45) is 0 Å². The second-order valence-electron chi connectivity index (χ2n) is 2.71. The molecular weight excluding hydrogens is 221 g/mol. The van der Waals surface area contributed by atoms with E-state index in [0.717, 1.165) is 0 Å². The quantitative estimate of drug-likeness (QED) is 0.775. The second kappa shape index (κ2) is 3.61. The van der Waals surface area contributed by atoms with Crippen LogP contribution in [0.3, 0.4) is 0 Å². The van der Waals surface area contributed by atoms with E-state index in [4.69, 9.17) is 11.6 Å². The minimum atomic E-state index is -4.55. The Balaban J connectivity index is 3.09. The van der Waals surface area contributed by atoms with Crippen LogP contribution in [0.1, 0.15) is 12.6 Å². The van der Waals surface area contributed by atoms with Gasteiger partial charge in [-0.15, -0.1) is 0 Å². The van der Waals surface area contributed by atoms with Gasteiger partial charge in [0.1, 0.15) is 5.69 Å². The standard InChI is InChI=1S/C7H6ClF3N2O/c1-4(14)3-13-5(7(9,10)11)2-6(8)12-13/h2H,3H2,1H3. The van der Waals surface area contributed by atoms with Crippen LogP contribution in [0.25, 0.3) is 0 Å². The third-order valence-corrected chi connectivity index (χ3v) is 1.60. The fourth-order valence-corrected chi connectivity index (χ4v) is 1.14. The molecule has 1 aromatic heterocycles. The fourth-order valence-electron chi connectivity index (χ4n) is 0.945. The molecule has 0 N–H and O–H groups in total. The molecule has 0 atom stereocenters. The summed E-state index contributed by atoms with van der Waals surface area (Å²) in [6.07, 6.45) is -4.55. The smallest absolute Gasteiger partial charge is 0.298 e. The highest BCUT2D eigenvalue weighted by atomic mass is 35.5. The predicted octanol–water partition coefficient (Wildman–Crippen LogP) is 2.14. The Bertz CT molecular complexity index is 358. The van der Waals surface area contributed by atoms with E-state index in [1.165, 1.54) is 6.92 Å². The van der Waals surface area contributed by atoms with E-state index in [2.05, 4.69) is 5.10 Å². The molecule has 0 aliphatic rings. The van der Waals surface area contributed by atoms with E-state index in [1.807, 2.05) is 0 Å². The third-order valence-electron chi connectivity index (χ3n) is 1.41. The highest BCUT2D eigenvalue weighted by Gasteiger charge is 2.35. The van der Waals surface area contributed by atoms with Crippen LogP contribution in [0.4, 0.5) is 13.2 Å². The average Bonchev–Trinajstić information content (AvgIpc) is 2.28. The lowest BCUT2D eigenvalue weighted by molar-refractivity contribution is -0.144. The normalized spacial score (nSPS) is 11.8. The first-order valence-electron chi connectivity index (χ1n) is 3.60. The lowest BCUT2D eigenvalue weighted by atomic mass is 10.4. The van der Waals surface area contributed by atoms with Crippen LogP contribution in [-0.2, 0) is 17.5 Å². The summed E-state index contributed by atoms with van der Waals surface area (Å²) < 4.78 is 37.4. The Morgan fingerprint density at radius 2 is 2.21 bits per heavy atom. The lowest BCUT2D eigenvalue weighted by Gasteiger charge is -2.07. The van der Waals surface area contributed by atoms with E-state index in [9.17, 15) is 18.0 Å². The summed E-state index contributed by atoms with van der Waals surface area (Å²) in [7, 11) is 0. The largest absolute Gasteiger partial charge is 0.433 e. The minimum absolute atomic E-state index is 0.279. The molecule has 1 rings (SSSR count). The van der Waals surface area contributed by atoms with Crippen LogP contribution in [0.15, 0.2) is 6.07 Å². The van der Waals surface area contributed by atoms with E-state index in [1.54, 1.807) is 0 Å². The Hall–Kier alpha value is -1.04. The van der Waals surface area contributed by atoms with Crippen molar-refractivity contribution in [3.05, 3.63) is 16.9 Å². The van der Waals surface area contributed by atoms with Gasteiger partial charge in [-0.25, -0.2) is 0 Å². The number of nitrogens with zero attached hydrogens (tertiary/aromatic N) is 2. The number of ketones is 1. The Kier molecular flexibility index (Phi) is 2.84. The maximum absolute atomic E-state index is 12.3. The topological polar surface area (TPSA) is 34.9 Å². The highest BCUT2D eigenvalue weighted by Crippen LogP contribution is 2.30. The van der Waals surface area contributed by atoms with Gasteiger partial charge in [-0.2, -0.15) is 18.3 Å². The first-order valence-corrected chi connectivity index (χ1v) is 3.98. The maximum atomic E-state index is 12.3. The molecule has 1 heterocycles. The summed E-state index contributed by atoms with van der Waals surface area (Å²) >= 11 is 5.31. The van der Waals surface area contributed by atoms with Gasteiger partial charge >= 0.3 is 6.18 Å². The van der Waals surface area contributed by atoms with E-state index >= 15 is 0 Å². The van der Waals surface area contributed by atoms with Crippen LogP contribution in [0.5, 0.6) is 0 Å². The van der Waals surface area contributed by atoms with Gasteiger partial charge < -0.3 is 0 Å². The first kappa shape index (κ1) is 11.0. The van der Waals surface area contributed by atoms with Gasteiger partial charge in [-0.05, 0) is 6.92 Å². The van der Waals surface area contributed by atoms with Crippen LogP contribution in [-0.4, -0.2) is 15.6 Å². The molecule has 0 radical (unpaired) electrons. The van der Waals surface area contributed by atoms with Gasteiger partial charge in [0.2, 0.25) is 0 Å². The van der Waals surface area contributed by atoms with Gasteiger partial charge in [-0.3, -0.25) is 9.48 Å². The molecular formula is C7H6ClF3N2O.